The summed E-state index contributed by atoms with van der Waals surface area (Å²) in [6, 6.07) is 4.07. The fourth-order valence-electron chi connectivity index (χ4n) is 1.09. The molecule has 1 rings (SSSR count). The molecule has 0 aromatic heterocycles. The quantitative estimate of drug-likeness (QED) is 0.633. The molecule has 0 amide bonds. The van der Waals surface area contributed by atoms with Crippen LogP contribution < -0.4 is 0 Å². The number of sulfone groups is 1. The molecule has 0 spiro atoms. The molecular formula is C9H9NO6S. The van der Waals surface area contributed by atoms with Crippen molar-refractivity contribution in [1.82, 2.24) is 0 Å². The first kappa shape index (κ1) is 13.1. The fraction of sp³-hybridized carbons (Fsp3) is 0.222. The lowest BCUT2D eigenvalue weighted by atomic mass is 10.3. The van der Waals surface area contributed by atoms with E-state index in [1.807, 2.05) is 0 Å². The van der Waals surface area contributed by atoms with Crippen molar-refractivity contribution >= 4 is 21.5 Å². The van der Waals surface area contributed by atoms with Crippen LogP contribution in [0.4, 0.5) is 5.69 Å². The third kappa shape index (κ3) is 2.59. The molecular weight excluding hydrogens is 250 g/mol. The maximum absolute atomic E-state index is 11.7. The lowest BCUT2D eigenvalue weighted by molar-refractivity contribution is -0.384. The standard InChI is InChI=1S/C9H9NO6S/c1-6(9(11)12)17(15,16)8-4-2-7(3-5-8)10(13)14/h2-6H,1H3,(H,11,12). The van der Waals surface area contributed by atoms with Gasteiger partial charge in [0.2, 0.25) is 0 Å². The maximum atomic E-state index is 11.7. The third-order valence-electron chi connectivity index (χ3n) is 2.19. The van der Waals surface area contributed by atoms with Gasteiger partial charge in [-0.1, -0.05) is 0 Å². The predicted molar refractivity (Wildman–Crippen MR) is 57.4 cm³/mol. The molecule has 0 aliphatic heterocycles. The molecule has 0 aliphatic rings. The monoisotopic (exact) mass is 259 g/mol. The highest BCUT2D eigenvalue weighted by atomic mass is 32.2. The summed E-state index contributed by atoms with van der Waals surface area (Å²) in [6.45, 7) is 1.04. The zero-order valence-electron chi connectivity index (χ0n) is 8.73. The van der Waals surface area contributed by atoms with Crippen molar-refractivity contribution in [3.8, 4) is 0 Å². The molecule has 8 heteroatoms. The molecule has 1 aromatic carbocycles. The number of carbonyl (C=O) groups is 1. The van der Waals surface area contributed by atoms with E-state index in [0.29, 0.717) is 0 Å². The molecule has 0 bridgehead atoms. The number of carboxylic acid groups (broad SMARTS) is 1. The number of carboxylic acids is 1. The second kappa shape index (κ2) is 4.50. The Kier molecular flexibility index (Phi) is 3.47. The molecule has 1 aromatic rings. The van der Waals surface area contributed by atoms with Gasteiger partial charge < -0.3 is 5.11 Å². The number of non-ortho nitro benzene ring substituents is 1. The number of nitro groups is 1. The minimum Gasteiger partial charge on any atom is -0.480 e. The third-order valence-corrected chi connectivity index (χ3v) is 4.25. The van der Waals surface area contributed by atoms with Crippen LogP contribution in [0.15, 0.2) is 29.2 Å². The van der Waals surface area contributed by atoms with Crippen molar-refractivity contribution in [3.63, 3.8) is 0 Å². The van der Waals surface area contributed by atoms with E-state index in [9.17, 15) is 23.3 Å². The number of hydrogen-bond donors (Lipinski definition) is 1. The van der Waals surface area contributed by atoms with Gasteiger partial charge in [0, 0.05) is 12.1 Å². The van der Waals surface area contributed by atoms with Gasteiger partial charge in [0.15, 0.2) is 15.1 Å². The van der Waals surface area contributed by atoms with Gasteiger partial charge in [0.1, 0.15) is 0 Å². The van der Waals surface area contributed by atoms with Gasteiger partial charge >= 0.3 is 5.97 Å². The summed E-state index contributed by atoms with van der Waals surface area (Å²) < 4.78 is 23.4. The minimum atomic E-state index is -4.00. The average Bonchev–Trinajstić information content (AvgIpc) is 2.27. The molecule has 1 atom stereocenters. The van der Waals surface area contributed by atoms with Gasteiger partial charge in [-0.05, 0) is 19.1 Å². The van der Waals surface area contributed by atoms with Gasteiger partial charge in [0.05, 0.1) is 9.82 Å². The number of nitrogens with zero attached hydrogens (tertiary/aromatic N) is 1. The Labute approximate surface area is 96.8 Å². The van der Waals surface area contributed by atoms with Crippen molar-refractivity contribution in [3.05, 3.63) is 34.4 Å². The van der Waals surface area contributed by atoms with Crippen LogP contribution in [0.2, 0.25) is 0 Å². The SMILES string of the molecule is CC(C(=O)O)S(=O)(=O)c1ccc([N+](=O)[O-])cc1. The molecule has 92 valence electrons. The Bertz CT molecular complexity index is 547. The normalized spacial score (nSPS) is 13.0. The van der Waals surface area contributed by atoms with Crippen LogP contribution in [0.3, 0.4) is 0 Å². The molecule has 0 heterocycles. The van der Waals surface area contributed by atoms with Crippen molar-refractivity contribution in [1.29, 1.82) is 0 Å². The molecule has 7 nitrogen and oxygen atoms in total. The molecule has 0 saturated heterocycles. The Morgan fingerprint density at radius 2 is 1.82 bits per heavy atom. The number of aliphatic carboxylic acids is 1. The van der Waals surface area contributed by atoms with E-state index in [2.05, 4.69) is 0 Å². The van der Waals surface area contributed by atoms with E-state index < -0.39 is 26.0 Å². The lowest BCUT2D eigenvalue weighted by Crippen LogP contribution is -2.26. The number of hydrogen-bond acceptors (Lipinski definition) is 5. The zero-order chi connectivity index (χ0) is 13.2. The summed E-state index contributed by atoms with van der Waals surface area (Å²) in [7, 11) is -4.00. The summed E-state index contributed by atoms with van der Waals surface area (Å²) >= 11 is 0. The van der Waals surface area contributed by atoms with E-state index in [4.69, 9.17) is 5.11 Å². The van der Waals surface area contributed by atoms with Crippen molar-refractivity contribution in [2.24, 2.45) is 0 Å². The topological polar surface area (TPSA) is 115 Å². The Morgan fingerprint density at radius 1 is 1.35 bits per heavy atom. The van der Waals surface area contributed by atoms with Crippen LogP contribution in [0.25, 0.3) is 0 Å². The van der Waals surface area contributed by atoms with Crippen molar-refractivity contribution < 1.29 is 23.2 Å². The Morgan fingerprint density at radius 3 is 2.18 bits per heavy atom. The molecule has 17 heavy (non-hydrogen) atoms. The van der Waals surface area contributed by atoms with Gasteiger partial charge in [-0.3, -0.25) is 14.9 Å². The number of rotatable bonds is 4. The summed E-state index contributed by atoms with van der Waals surface area (Å²) in [5, 5.41) is 17.4. The van der Waals surface area contributed by atoms with E-state index in [1.54, 1.807) is 0 Å². The highest BCUT2D eigenvalue weighted by Gasteiger charge is 2.29. The molecule has 0 saturated carbocycles. The predicted octanol–water partition coefficient (Wildman–Crippen LogP) is 0.842. The highest BCUT2D eigenvalue weighted by molar-refractivity contribution is 7.92. The molecule has 0 radical (unpaired) electrons. The second-order valence-electron chi connectivity index (χ2n) is 3.28. The number of benzene rings is 1. The molecule has 0 aliphatic carbocycles. The Hall–Kier alpha value is -1.96. The minimum absolute atomic E-state index is 0.252. The number of nitro benzene ring substituents is 1. The van der Waals surface area contributed by atoms with Crippen LogP contribution >= 0.6 is 0 Å². The zero-order valence-corrected chi connectivity index (χ0v) is 9.55. The lowest BCUT2D eigenvalue weighted by Gasteiger charge is -2.07. The molecule has 1 unspecified atom stereocenters. The Balaban J connectivity index is 3.17. The molecule has 0 fully saturated rings. The summed E-state index contributed by atoms with van der Waals surface area (Å²) in [6.07, 6.45) is 0. The van der Waals surface area contributed by atoms with Gasteiger partial charge in [-0.2, -0.15) is 0 Å². The average molecular weight is 259 g/mol. The van der Waals surface area contributed by atoms with Gasteiger partial charge in [-0.25, -0.2) is 8.42 Å². The fourth-order valence-corrected chi connectivity index (χ4v) is 2.28. The summed E-state index contributed by atoms with van der Waals surface area (Å²) in [5.41, 5.74) is -0.257. The first-order valence-electron chi connectivity index (χ1n) is 4.48. The van der Waals surface area contributed by atoms with Gasteiger partial charge in [0.25, 0.3) is 5.69 Å². The smallest absolute Gasteiger partial charge is 0.321 e. The first-order valence-corrected chi connectivity index (χ1v) is 6.02. The maximum Gasteiger partial charge on any atom is 0.321 e. The van der Waals surface area contributed by atoms with E-state index in [1.165, 1.54) is 0 Å². The van der Waals surface area contributed by atoms with Crippen molar-refractivity contribution in [2.45, 2.75) is 17.1 Å². The summed E-state index contributed by atoms with van der Waals surface area (Å²) in [4.78, 5) is 20.1. The highest BCUT2D eigenvalue weighted by Crippen LogP contribution is 2.19. The van der Waals surface area contributed by atoms with E-state index >= 15 is 0 Å². The van der Waals surface area contributed by atoms with Crippen LogP contribution in [0.1, 0.15) is 6.92 Å². The first-order chi connectivity index (χ1) is 7.76. The van der Waals surface area contributed by atoms with Crippen LogP contribution in [-0.4, -0.2) is 29.7 Å². The van der Waals surface area contributed by atoms with Gasteiger partial charge in [-0.15, -0.1) is 0 Å². The summed E-state index contributed by atoms with van der Waals surface area (Å²) in [5.74, 6) is -1.47. The van der Waals surface area contributed by atoms with E-state index in [-0.39, 0.29) is 10.6 Å². The largest absolute Gasteiger partial charge is 0.480 e. The van der Waals surface area contributed by atoms with E-state index in [0.717, 1.165) is 31.2 Å². The van der Waals surface area contributed by atoms with Crippen LogP contribution in [0, 0.1) is 10.1 Å². The molecule has 1 N–H and O–H groups in total. The van der Waals surface area contributed by atoms with Crippen LogP contribution in [0.5, 0.6) is 0 Å². The van der Waals surface area contributed by atoms with Crippen LogP contribution in [-0.2, 0) is 14.6 Å². The second-order valence-corrected chi connectivity index (χ2v) is 5.55. The van der Waals surface area contributed by atoms with Crippen molar-refractivity contribution in [2.75, 3.05) is 0 Å².